The second-order valence-electron chi connectivity index (χ2n) is 4.42. The van der Waals surface area contributed by atoms with Crippen LogP contribution in [0.3, 0.4) is 0 Å². The topological polar surface area (TPSA) is 55.4 Å². The molecular weight excluding hydrogens is 268 g/mol. The first-order valence-electron chi connectivity index (χ1n) is 5.78. The number of hydrogen-bond donors (Lipinski definition) is 1. The molecule has 0 saturated heterocycles. The van der Waals surface area contributed by atoms with Crippen molar-refractivity contribution in [1.82, 2.24) is 4.57 Å². The molecule has 0 fully saturated rings. The second-order valence-corrected chi connectivity index (χ2v) is 4.42. The highest BCUT2D eigenvalue weighted by molar-refractivity contribution is 5.82. The Bertz CT molecular complexity index is 812. The van der Waals surface area contributed by atoms with Crippen LogP contribution in [-0.2, 0) is 6.54 Å². The number of halogens is 2. The van der Waals surface area contributed by atoms with Gasteiger partial charge in [0.1, 0.15) is 12.0 Å². The standard InChI is InChI=1S/C14H9F2NO3/c15-11-1-8-4-17(5-9(8)2-12(11)16)6-10-3-13(18)14(19)7-20-10/h1-5,7,19H,6H2. The first-order chi connectivity index (χ1) is 9.52. The number of aromatic hydroxyl groups is 1. The Kier molecular flexibility index (Phi) is 2.78. The minimum atomic E-state index is -0.911. The van der Waals surface area contributed by atoms with Crippen molar-refractivity contribution < 1.29 is 18.3 Å². The van der Waals surface area contributed by atoms with Crippen molar-refractivity contribution in [3.8, 4) is 5.75 Å². The van der Waals surface area contributed by atoms with E-state index in [0.29, 0.717) is 16.5 Å². The Labute approximate surface area is 111 Å². The fourth-order valence-corrected chi connectivity index (χ4v) is 1.99. The fourth-order valence-electron chi connectivity index (χ4n) is 1.99. The largest absolute Gasteiger partial charge is 0.502 e. The molecule has 0 unspecified atom stereocenters. The molecule has 0 radical (unpaired) electrons. The quantitative estimate of drug-likeness (QED) is 0.783. The lowest BCUT2D eigenvalue weighted by Crippen LogP contribution is -2.03. The Morgan fingerprint density at radius 1 is 1.10 bits per heavy atom. The zero-order valence-electron chi connectivity index (χ0n) is 10.1. The van der Waals surface area contributed by atoms with Gasteiger partial charge >= 0.3 is 0 Å². The first-order valence-corrected chi connectivity index (χ1v) is 5.78. The molecular formula is C14H9F2NO3. The van der Waals surface area contributed by atoms with E-state index in [-0.39, 0.29) is 6.54 Å². The van der Waals surface area contributed by atoms with Crippen molar-refractivity contribution in [3.63, 3.8) is 0 Å². The second kappa shape index (κ2) is 4.48. The molecule has 4 nitrogen and oxygen atoms in total. The molecule has 0 bridgehead atoms. The lowest BCUT2D eigenvalue weighted by Gasteiger charge is -2.01. The number of aromatic nitrogens is 1. The fraction of sp³-hybridized carbons (Fsp3) is 0.0714. The average Bonchev–Trinajstić information content (AvgIpc) is 2.76. The van der Waals surface area contributed by atoms with E-state index in [1.165, 1.54) is 6.07 Å². The highest BCUT2D eigenvalue weighted by Crippen LogP contribution is 2.20. The molecule has 1 aromatic carbocycles. The van der Waals surface area contributed by atoms with Crippen LogP contribution in [0.25, 0.3) is 10.8 Å². The number of benzene rings is 1. The van der Waals surface area contributed by atoms with Crippen molar-refractivity contribution >= 4 is 10.8 Å². The molecule has 20 heavy (non-hydrogen) atoms. The zero-order valence-corrected chi connectivity index (χ0v) is 10.1. The summed E-state index contributed by atoms with van der Waals surface area (Å²) >= 11 is 0. The van der Waals surface area contributed by atoms with E-state index in [1.807, 2.05) is 0 Å². The first kappa shape index (κ1) is 12.4. The summed E-state index contributed by atoms with van der Waals surface area (Å²) in [6, 6.07) is 3.38. The van der Waals surface area contributed by atoms with Gasteiger partial charge in [0, 0.05) is 29.2 Å². The van der Waals surface area contributed by atoms with Crippen LogP contribution < -0.4 is 5.43 Å². The summed E-state index contributed by atoms with van der Waals surface area (Å²) < 4.78 is 32.9. The van der Waals surface area contributed by atoms with Gasteiger partial charge in [-0.15, -0.1) is 0 Å². The number of fused-ring (bicyclic) bond motifs is 1. The normalized spacial score (nSPS) is 11.1. The summed E-state index contributed by atoms with van der Waals surface area (Å²) in [4.78, 5) is 11.3. The van der Waals surface area contributed by atoms with Crippen molar-refractivity contribution in [1.29, 1.82) is 0 Å². The molecule has 1 N–H and O–H groups in total. The van der Waals surface area contributed by atoms with E-state index in [9.17, 15) is 13.6 Å². The maximum atomic E-state index is 13.1. The number of nitrogens with zero attached hydrogens (tertiary/aromatic N) is 1. The van der Waals surface area contributed by atoms with E-state index >= 15 is 0 Å². The molecule has 0 saturated carbocycles. The SMILES string of the molecule is O=c1cc(Cn2cc3cc(F)c(F)cc3c2)occ1O. The van der Waals surface area contributed by atoms with Gasteiger partial charge in [-0.2, -0.15) is 0 Å². The van der Waals surface area contributed by atoms with Gasteiger partial charge in [0.15, 0.2) is 17.4 Å². The van der Waals surface area contributed by atoms with Gasteiger partial charge in [-0.3, -0.25) is 4.79 Å². The van der Waals surface area contributed by atoms with Gasteiger partial charge in [-0.1, -0.05) is 0 Å². The molecule has 0 aliphatic heterocycles. The van der Waals surface area contributed by atoms with Crippen LogP contribution in [0.1, 0.15) is 5.76 Å². The molecule has 0 amide bonds. The van der Waals surface area contributed by atoms with Crippen molar-refractivity contribution in [2.45, 2.75) is 6.54 Å². The average molecular weight is 277 g/mol. The van der Waals surface area contributed by atoms with E-state index in [0.717, 1.165) is 18.4 Å². The third-order valence-electron chi connectivity index (χ3n) is 2.94. The molecule has 6 heteroatoms. The summed E-state index contributed by atoms with van der Waals surface area (Å²) in [6.07, 6.45) is 4.19. The summed E-state index contributed by atoms with van der Waals surface area (Å²) in [5, 5.41) is 10.2. The molecule has 2 aromatic heterocycles. The van der Waals surface area contributed by atoms with Gasteiger partial charge in [0.05, 0.1) is 6.54 Å². The van der Waals surface area contributed by atoms with Crippen LogP contribution in [0, 0.1) is 11.6 Å². The van der Waals surface area contributed by atoms with Crippen LogP contribution in [0.15, 0.2) is 46.1 Å². The molecule has 0 atom stereocenters. The third-order valence-corrected chi connectivity index (χ3v) is 2.94. The van der Waals surface area contributed by atoms with Gasteiger partial charge in [0.2, 0.25) is 5.43 Å². The molecule has 3 aromatic rings. The maximum absolute atomic E-state index is 13.1. The van der Waals surface area contributed by atoms with Gasteiger partial charge < -0.3 is 14.1 Å². The summed E-state index contributed by atoms with van der Waals surface area (Å²) in [6.45, 7) is 0.216. The van der Waals surface area contributed by atoms with Crippen LogP contribution in [0.5, 0.6) is 5.75 Å². The number of hydrogen-bond acceptors (Lipinski definition) is 3. The van der Waals surface area contributed by atoms with E-state index < -0.39 is 22.8 Å². The van der Waals surface area contributed by atoms with Crippen molar-refractivity contribution in [2.75, 3.05) is 0 Å². The third kappa shape index (κ3) is 2.16. The monoisotopic (exact) mass is 277 g/mol. The minimum absolute atomic E-state index is 0.216. The molecule has 2 heterocycles. The maximum Gasteiger partial charge on any atom is 0.226 e. The van der Waals surface area contributed by atoms with Crippen LogP contribution in [0.4, 0.5) is 8.78 Å². The van der Waals surface area contributed by atoms with Crippen LogP contribution in [-0.4, -0.2) is 9.67 Å². The summed E-state index contributed by atoms with van der Waals surface area (Å²) in [5.41, 5.74) is -0.542. The molecule has 0 aliphatic carbocycles. The molecule has 0 spiro atoms. The summed E-state index contributed by atoms with van der Waals surface area (Å²) in [5.74, 6) is -1.96. The van der Waals surface area contributed by atoms with E-state index in [4.69, 9.17) is 9.52 Å². The highest BCUT2D eigenvalue weighted by Gasteiger charge is 2.08. The minimum Gasteiger partial charge on any atom is -0.502 e. The Balaban J connectivity index is 1.98. The highest BCUT2D eigenvalue weighted by atomic mass is 19.2. The zero-order chi connectivity index (χ0) is 14.3. The Hall–Kier alpha value is -2.63. The smallest absolute Gasteiger partial charge is 0.226 e. The van der Waals surface area contributed by atoms with E-state index in [2.05, 4.69) is 0 Å². The Morgan fingerprint density at radius 3 is 2.25 bits per heavy atom. The van der Waals surface area contributed by atoms with Gasteiger partial charge in [-0.05, 0) is 12.1 Å². The predicted octanol–water partition coefficient (Wildman–Crippen LogP) is 2.63. The predicted molar refractivity (Wildman–Crippen MR) is 67.6 cm³/mol. The van der Waals surface area contributed by atoms with Crippen LogP contribution >= 0.6 is 0 Å². The molecule has 3 rings (SSSR count). The molecule has 0 aliphatic rings. The number of rotatable bonds is 2. The van der Waals surface area contributed by atoms with E-state index in [1.54, 1.807) is 17.0 Å². The lowest BCUT2D eigenvalue weighted by molar-refractivity contribution is 0.408. The van der Waals surface area contributed by atoms with Crippen LogP contribution in [0.2, 0.25) is 0 Å². The van der Waals surface area contributed by atoms with Gasteiger partial charge in [0.25, 0.3) is 0 Å². The lowest BCUT2D eigenvalue weighted by atomic mass is 10.2. The Morgan fingerprint density at radius 2 is 1.70 bits per heavy atom. The van der Waals surface area contributed by atoms with Crippen molar-refractivity contribution in [3.05, 3.63) is 64.5 Å². The molecule has 102 valence electrons. The summed E-state index contributed by atoms with van der Waals surface area (Å²) in [7, 11) is 0. The van der Waals surface area contributed by atoms with Gasteiger partial charge in [-0.25, -0.2) is 8.78 Å². The van der Waals surface area contributed by atoms with Crippen molar-refractivity contribution in [2.24, 2.45) is 0 Å².